The molecule has 0 spiro atoms. The zero-order valence-corrected chi connectivity index (χ0v) is 8.60. The topological polar surface area (TPSA) is 84.3 Å². The first-order valence-corrected chi connectivity index (χ1v) is 4.89. The molecule has 2 heterocycles. The molecule has 6 nitrogen and oxygen atoms in total. The van der Waals surface area contributed by atoms with Crippen molar-refractivity contribution in [2.24, 2.45) is 0 Å². The Morgan fingerprint density at radius 2 is 2.29 bits per heavy atom. The molecule has 0 aliphatic carbocycles. The number of hydrogen-bond donors (Lipinski definition) is 2. The van der Waals surface area contributed by atoms with Crippen LogP contribution in [0, 0.1) is 0 Å². The van der Waals surface area contributed by atoms with Gasteiger partial charge in [0.25, 0.3) is 11.5 Å². The lowest BCUT2D eigenvalue weighted by molar-refractivity contribution is -0.102. The molecule has 2 atom stereocenters. The van der Waals surface area contributed by atoms with Crippen molar-refractivity contribution in [1.82, 2.24) is 9.55 Å². The van der Waals surface area contributed by atoms with Crippen LogP contribution in [0.1, 0.15) is 12.6 Å². The van der Waals surface area contributed by atoms with Crippen molar-refractivity contribution in [3.05, 3.63) is 33.1 Å². The molecule has 0 aromatic carbocycles. The Balaban J connectivity index is 2.32. The largest absolute Gasteiger partial charge is 0.393 e. The van der Waals surface area contributed by atoms with E-state index < -0.39 is 42.5 Å². The predicted molar refractivity (Wildman–Crippen MR) is 51.9 cm³/mol. The van der Waals surface area contributed by atoms with Crippen LogP contribution in [0.2, 0.25) is 0 Å². The van der Waals surface area contributed by atoms with E-state index in [1.807, 2.05) is 4.98 Å². The second-order valence-electron chi connectivity index (χ2n) is 3.74. The molecule has 1 aromatic heterocycles. The number of aliphatic hydroxyl groups excluding tert-OH is 1. The average molecular weight is 248 g/mol. The standard InChI is InChI=1S/C9H10F2N2O4/c10-9(11)3-7(17-5(9)4-14)13-2-1-6(15)12-8(13)16/h1-2,5,7,14H,3-4H2,(H,12,15,16)/t5-,7-/m0/s1. The first kappa shape index (κ1) is 11.9. The molecule has 94 valence electrons. The van der Waals surface area contributed by atoms with E-state index in [-0.39, 0.29) is 0 Å². The third-order valence-corrected chi connectivity index (χ3v) is 2.57. The van der Waals surface area contributed by atoms with Gasteiger partial charge in [-0.2, -0.15) is 0 Å². The molecule has 0 radical (unpaired) electrons. The van der Waals surface area contributed by atoms with E-state index in [1.165, 1.54) is 0 Å². The van der Waals surface area contributed by atoms with Crippen LogP contribution in [0.5, 0.6) is 0 Å². The highest BCUT2D eigenvalue weighted by molar-refractivity contribution is 4.91. The van der Waals surface area contributed by atoms with Gasteiger partial charge in [-0.3, -0.25) is 14.3 Å². The molecule has 1 fully saturated rings. The number of rotatable bonds is 2. The van der Waals surface area contributed by atoms with Crippen molar-refractivity contribution in [3.63, 3.8) is 0 Å². The molecular formula is C9H10F2N2O4. The summed E-state index contributed by atoms with van der Waals surface area (Å²) in [5, 5.41) is 8.73. The maximum Gasteiger partial charge on any atom is 0.330 e. The van der Waals surface area contributed by atoms with Gasteiger partial charge in [-0.05, 0) is 0 Å². The van der Waals surface area contributed by atoms with Crippen molar-refractivity contribution >= 4 is 0 Å². The summed E-state index contributed by atoms with van der Waals surface area (Å²) in [6.45, 7) is -0.832. The Bertz CT molecular complexity index is 524. The summed E-state index contributed by atoms with van der Waals surface area (Å²) >= 11 is 0. The maximum absolute atomic E-state index is 13.3. The van der Waals surface area contributed by atoms with Gasteiger partial charge in [-0.15, -0.1) is 0 Å². The van der Waals surface area contributed by atoms with Crippen molar-refractivity contribution in [2.75, 3.05) is 6.61 Å². The molecule has 1 aliphatic heterocycles. The van der Waals surface area contributed by atoms with E-state index in [4.69, 9.17) is 9.84 Å². The van der Waals surface area contributed by atoms with Gasteiger partial charge in [0.15, 0.2) is 0 Å². The monoisotopic (exact) mass is 248 g/mol. The van der Waals surface area contributed by atoms with Gasteiger partial charge < -0.3 is 9.84 Å². The highest BCUT2D eigenvalue weighted by Crippen LogP contribution is 2.39. The third-order valence-electron chi connectivity index (χ3n) is 2.57. The summed E-state index contributed by atoms with van der Waals surface area (Å²) in [4.78, 5) is 24.1. The van der Waals surface area contributed by atoms with E-state index in [1.54, 1.807) is 0 Å². The first-order chi connectivity index (χ1) is 7.94. The number of hydrogen-bond acceptors (Lipinski definition) is 4. The van der Waals surface area contributed by atoms with Crippen molar-refractivity contribution < 1.29 is 18.6 Å². The lowest BCUT2D eigenvalue weighted by Crippen LogP contribution is -2.31. The summed E-state index contributed by atoms with van der Waals surface area (Å²) in [7, 11) is 0. The van der Waals surface area contributed by atoms with Crippen LogP contribution < -0.4 is 11.2 Å². The number of nitrogens with zero attached hydrogens (tertiary/aromatic N) is 1. The predicted octanol–water partition coefficient (Wildman–Crippen LogP) is -0.548. The molecular weight excluding hydrogens is 238 g/mol. The smallest absolute Gasteiger partial charge is 0.330 e. The number of ether oxygens (including phenoxy) is 1. The molecule has 2 N–H and O–H groups in total. The number of halogens is 2. The zero-order chi connectivity index (χ0) is 12.6. The lowest BCUT2D eigenvalue weighted by atomic mass is 10.2. The fourth-order valence-electron chi connectivity index (χ4n) is 1.70. The number of H-pyrrole nitrogens is 1. The Morgan fingerprint density at radius 1 is 1.59 bits per heavy atom. The van der Waals surface area contributed by atoms with E-state index in [9.17, 15) is 18.4 Å². The van der Waals surface area contributed by atoms with Crippen LogP contribution in [0.15, 0.2) is 21.9 Å². The van der Waals surface area contributed by atoms with Crippen molar-refractivity contribution in [3.8, 4) is 0 Å². The van der Waals surface area contributed by atoms with Gasteiger partial charge in [0, 0.05) is 12.3 Å². The van der Waals surface area contributed by atoms with E-state index in [0.29, 0.717) is 0 Å². The van der Waals surface area contributed by atoms with Crippen LogP contribution in [0.25, 0.3) is 0 Å². The van der Waals surface area contributed by atoms with Crippen LogP contribution in [-0.2, 0) is 4.74 Å². The zero-order valence-electron chi connectivity index (χ0n) is 8.60. The second kappa shape index (κ2) is 4.04. The van der Waals surface area contributed by atoms with Gasteiger partial charge in [-0.25, -0.2) is 13.6 Å². The Kier molecular flexibility index (Phi) is 2.84. The van der Waals surface area contributed by atoms with Gasteiger partial charge >= 0.3 is 5.69 Å². The second-order valence-corrected chi connectivity index (χ2v) is 3.74. The van der Waals surface area contributed by atoms with Crippen molar-refractivity contribution in [1.29, 1.82) is 0 Å². The minimum Gasteiger partial charge on any atom is -0.393 e. The third kappa shape index (κ3) is 2.13. The summed E-state index contributed by atoms with van der Waals surface area (Å²) < 4.78 is 32.3. The van der Waals surface area contributed by atoms with Crippen LogP contribution in [0.4, 0.5) is 8.78 Å². The fourth-order valence-corrected chi connectivity index (χ4v) is 1.70. The lowest BCUT2D eigenvalue weighted by Gasteiger charge is -2.14. The molecule has 0 saturated carbocycles. The van der Waals surface area contributed by atoms with Crippen molar-refractivity contribution in [2.45, 2.75) is 24.7 Å². The Morgan fingerprint density at radius 3 is 2.82 bits per heavy atom. The van der Waals surface area contributed by atoms with Crippen LogP contribution >= 0.6 is 0 Å². The van der Waals surface area contributed by atoms with E-state index >= 15 is 0 Å². The quantitative estimate of drug-likeness (QED) is 0.735. The number of nitrogens with one attached hydrogen (secondary N) is 1. The van der Waals surface area contributed by atoms with Gasteiger partial charge in [-0.1, -0.05) is 0 Å². The summed E-state index contributed by atoms with van der Waals surface area (Å²) in [5.74, 6) is -3.20. The summed E-state index contributed by atoms with van der Waals surface area (Å²) in [5.41, 5.74) is -1.44. The average Bonchev–Trinajstić information content (AvgIpc) is 2.53. The van der Waals surface area contributed by atoms with Crippen LogP contribution in [0.3, 0.4) is 0 Å². The molecule has 8 heteroatoms. The minimum atomic E-state index is -3.20. The molecule has 17 heavy (non-hydrogen) atoms. The summed E-state index contributed by atoms with van der Waals surface area (Å²) in [6, 6.07) is 1.04. The molecule has 0 amide bonds. The maximum atomic E-state index is 13.3. The molecule has 0 bridgehead atoms. The van der Waals surface area contributed by atoms with Crippen LogP contribution in [-0.4, -0.2) is 33.3 Å². The molecule has 1 aromatic rings. The first-order valence-electron chi connectivity index (χ1n) is 4.89. The molecule has 1 aliphatic rings. The minimum absolute atomic E-state index is 0.616. The number of aliphatic hydroxyl groups is 1. The SMILES string of the molecule is O=c1ccn([C@@H]2CC(F)(F)[C@H](CO)O2)c(=O)[nH]1. The molecule has 2 rings (SSSR count). The normalized spacial score (nSPS) is 27.2. The highest BCUT2D eigenvalue weighted by Gasteiger charge is 2.50. The summed E-state index contributed by atoms with van der Waals surface area (Å²) in [6.07, 6.45) is -2.45. The highest BCUT2D eigenvalue weighted by atomic mass is 19.3. The Labute approximate surface area is 93.5 Å². The number of alkyl halides is 2. The van der Waals surface area contributed by atoms with Gasteiger partial charge in [0.2, 0.25) is 0 Å². The van der Waals surface area contributed by atoms with Gasteiger partial charge in [0.05, 0.1) is 13.0 Å². The molecule has 1 saturated heterocycles. The van der Waals surface area contributed by atoms with E-state index in [2.05, 4.69) is 0 Å². The Hall–Kier alpha value is -1.54. The fraction of sp³-hybridized carbons (Fsp3) is 0.556. The number of aromatic nitrogens is 2. The van der Waals surface area contributed by atoms with E-state index in [0.717, 1.165) is 16.8 Å². The number of aromatic amines is 1. The van der Waals surface area contributed by atoms with Gasteiger partial charge in [0.1, 0.15) is 12.3 Å². The molecule has 0 unspecified atom stereocenters.